The van der Waals surface area contributed by atoms with Crippen LogP contribution in [-0.2, 0) is 0 Å². The van der Waals surface area contributed by atoms with E-state index in [4.69, 9.17) is 0 Å². The topological polar surface area (TPSA) is 30.5 Å². The van der Waals surface area contributed by atoms with E-state index in [0.29, 0.717) is 0 Å². The van der Waals surface area contributed by atoms with Crippen molar-refractivity contribution in [1.29, 1.82) is 0 Å². The molecule has 1 heteroatoms. The molecule has 63 valence electrons. The van der Waals surface area contributed by atoms with Gasteiger partial charge in [-0.2, -0.15) is 0 Å². The SMILES string of the molecule is C1CCC2CCCCC2C1.[N]. The van der Waals surface area contributed by atoms with Crippen LogP contribution in [0.15, 0.2) is 0 Å². The molecule has 0 N–H and O–H groups in total. The molecule has 0 aliphatic heterocycles. The van der Waals surface area contributed by atoms with Crippen LogP contribution in [0.3, 0.4) is 0 Å². The smallest absolute Gasteiger partial charge is 0 e. The number of hydrogen-bond donors (Lipinski definition) is 0. The Labute approximate surface area is 70.1 Å². The van der Waals surface area contributed by atoms with Gasteiger partial charge in [-0.3, -0.25) is 0 Å². The average Bonchev–Trinajstić information content (AvgIpc) is 2.05. The highest BCUT2D eigenvalue weighted by Crippen LogP contribution is 2.39. The van der Waals surface area contributed by atoms with E-state index in [9.17, 15) is 0 Å². The standard InChI is InChI=1S/C10H18.N/c1-2-6-10-8-4-3-7-9(10)5-1;/h9-10H,1-8H2;. The minimum atomic E-state index is 0. The zero-order chi connectivity index (χ0) is 6.81. The lowest BCUT2D eigenvalue weighted by Gasteiger charge is -2.35. The summed E-state index contributed by atoms with van der Waals surface area (Å²) >= 11 is 0. The summed E-state index contributed by atoms with van der Waals surface area (Å²) in [6.45, 7) is 0. The number of hydrogen-bond acceptors (Lipinski definition) is 0. The molecule has 2 saturated carbocycles. The maximum absolute atomic E-state index is 1.56. The van der Waals surface area contributed by atoms with E-state index in [1.54, 1.807) is 25.7 Å². The Bertz CT molecular complexity index is 85.4. The summed E-state index contributed by atoms with van der Waals surface area (Å²) in [5.41, 5.74) is 0. The summed E-state index contributed by atoms with van der Waals surface area (Å²) < 4.78 is 0. The third kappa shape index (κ3) is 1.96. The van der Waals surface area contributed by atoms with Crippen LogP contribution in [0.25, 0.3) is 0 Å². The van der Waals surface area contributed by atoms with Crippen molar-refractivity contribution in [1.82, 2.24) is 6.15 Å². The molecule has 0 heterocycles. The third-order valence-corrected chi connectivity index (χ3v) is 3.47. The molecule has 0 unspecified atom stereocenters. The van der Waals surface area contributed by atoms with Gasteiger partial charge >= 0.3 is 0 Å². The quantitative estimate of drug-likeness (QED) is 0.511. The maximum atomic E-state index is 1.56. The summed E-state index contributed by atoms with van der Waals surface area (Å²) in [4.78, 5) is 0. The van der Waals surface area contributed by atoms with E-state index in [1.807, 2.05) is 0 Å². The fraction of sp³-hybridized carbons (Fsp3) is 1.00. The molecule has 2 aliphatic rings. The van der Waals surface area contributed by atoms with E-state index in [0.717, 1.165) is 11.8 Å². The lowest BCUT2D eigenvalue weighted by molar-refractivity contribution is 0.171. The van der Waals surface area contributed by atoms with Crippen molar-refractivity contribution < 1.29 is 0 Å². The highest BCUT2D eigenvalue weighted by Gasteiger charge is 2.26. The molecule has 3 radical (unpaired) electrons. The Morgan fingerprint density at radius 3 is 1.09 bits per heavy atom. The maximum Gasteiger partial charge on any atom is 0 e. The number of rotatable bonds is 0. The molecule has 11 heavy (non-hydrogen) atoms. The summed E-state index contributed by atoms with van der Waals surface area (Å²) in [5, 5.41) is 0. The van der Waals surface area contributed by atoms with Crippen molar-refractivity contribution in [2.24, 2.45) is 11.8 Å². The van der Waals surface area contributed by atoms with Crippen LogP contribution in [0.5, 0.6) is 0 Å². The van der Waals surface area contributed by atoms with Gasteiger partial charge in [-0.15, -0.1) is 0 Å². The van der Waals surface area contributed by atoms with Gasteiger partial charge in [-0.05, 0) is 11.8 Å². The zero-order valence-electron chi connectivity index (χ0n) is 7.26. The highest BCUT2D eigenvalue weighted by molar-refractivity contribution is 4.78. The molecule has 0 aromatic rings. The Kier molecular flexibility index (Phi) is 3.38. The fourth-order valence-electron chi connectivity index (χ4n) is 2.86. The van der Waals surface area contributed by atoms with E-state index in [1.165, 1.54) is 25.7 Å². The molecule has 0 bridgehead atoms. The van der Waals surface area contributed by atoms with Gasteiger partial charge in [0.05, 0.1) is 0 Å². The lowest BCUT2D eigenvalue weighted by atomic mass is 9.71. The summed E-state index contributed by atoms with van der Waals surface area (Å²) in [6.07, 6.45) is 12.4. The van der Waals surface area contributed by atoms with Crippen molar-refractivity contribution in [3.05, 3.63) is 0 Å². The second-order valence-corrected chi connectivity index (χ2v) is 4.09. The Morgan fingerprint density at radius 2 is 0.818 bits per heavy atom. The van der Waals surface area contributed by atoms with Gasteiger partial charge in [0.1, 0.15) is 0 Å². The van der Waals surface area contributed by atoms with Crippen molar-refractivity contribution in [3.8, 4) is 0 Å². The van der Waals surface area contributed by atoms with Crippen LogP contribution in [-0.4, -0.2) is 0 Å². The lowest BCUT2D eigenvalue weighted by Crippen LogP contribution is -2.22. The second kappa shape index (κ2) is 4.10. The third-order valence-electron chi connectivity index (χ3n) is 3.47. The highest BCUT2D eigenvalue weighted by atomic mass is 14.3. The first kappa shape index (κ1) is 9.05. The van der Waals surface area contributed by atoms with Crippen LogP contribution in [0.1, 0.15) is 51.4 Å². The van der Waals surface area contributed by atoms with Crippen LogP contribution in [0.2, 0.25) is 0 Å². The van der Waals surface area contributed by atoms with Crippen LogP contribution < -0.4 is 6.15 Å². The minimum Gasteiger partial charge on any atom is -0.0530 e. The molecule has 0 saturated heterocycles. The Balaban J connectivity index is 0.000000605. The summed E-state index contributed by atoms with van der Waals surface area (Å²) in [5.74, 6) is 2.31. The van der Waals surface area contributed by atoms with E-state index in [-0.39, 0.29) is 6.15 Å². The predicted molar refractivity (Wildman–Crippen MR) is 46.1 cm³/mol. The van der Waals surface area contributed by atoms with Gasteiger partial charge in [-0.25, -0.2) is 0 Å². The molecule has 0 aromatic heterocycles. The van der Waals surface area contributed by atoms with E-state index < -0.39 is 0 Å². The average molecular weight is 152 g/mol. The first-order valence-electron chi connectivity index (χ1n) is 4.97. The fourth-order valence-corrected chi connectivity index (χ4v) is 2.86. The van der Waals surface area contributed by atoms with Gasteiger partial charge in [0.15, 0.2) is 0 Å². The van der Waals surface area contributed by atoms with E-state index in [2.05, 4.69) is 0 Å². The molecule has 1 nitrogen and oxygen atoms in total. The largest absolute Gasteiger partial charge is 0.0530 e. The van der Waals surface area contributed by atoms with Gasteiger partial charge in [-0.1, -0.05) is 51.4 Å². The molecule has 2 rings (SSSR count). The van der Waals surface area contributed by atoms with Crippen molar-refractivity contribution in [2.45, 2.75) is 51.4 Å². The van der Waals surface area contributed by atoms with Gasteiger partial charge in [0.2, 0.25) is 0 Å². The van der Waals surface area contributed by atoms with Crippen molar-refractivity contribution >= 4 is 0 Å². The molecular weight excluding hydrogens is 134 g/mol. The van der Waals surface area contributed by atoms with Gasteiger partial charge in [0.25, 0.3) is 0 Å². The van der Waals surface area contributed by atoms with Gasteiger partial charge < -0.3 is 0 Å². The number of nitrogens with zero attached hydrogens (tertiary/aromatic N) is 1. The Morgan fingerprint density at radius 1 is 0.545 bits per heavy atom. The summed E-state index contributed by atoms with van der Waals surface area (Å²) in [6, 6.07) is 0. The van der Waals surface area contributed by atoms with Gasteiger partial charge in [0, 0.05) is 6.15 Å². The molecule has 0 aromatic carbocycles. The van der Waals surface area contributed by atoms with Crippen LogP contribution in [0, 0.1) is 11.8 Å². The molecular formula is C10H18N. The monoisotopic (exact) mass is 152 g/mol. The second-order valence-electron chi connectivity index (χ2n) is 4.09. The molecule has 2 aliphatic carbocycles. The van der Waals surface area contributed by atoms with Crippen LogP contribution in [0.4, 0.5) is 0 Å². The van der Waals surface area contributed by atoms with E-state index >= 15 is 0 Å². The zero-order valence-corrected chi connectivity index (χ0v) is 7.26. The minimum absolute atomic E-state index is 0. The van der Waals surface area contributed by atoms with Crippen molar-refractivity contribution in [2.75, 3.05) is 0 Å². The Hall–Kier alpha value is -0.0400. The molecule has 0 spiro atoms. The molecule has 2 fully saturated rings. The van der Waals surface area contributed by atoms with Crippen LogP contribution >= 0.6 is 0 Å². The first-order valence-corrected chi connectivity index (χ1v) is 4.97. The first-order chi connectivity index (χ1) is 4.97. The van der Waals surface area contributed by atoms with Crippen molar-refractivity contribution in [3.63, 3.8) is 0 Å². The summed E-state index contributed by atoms with van der Waals surface area (Å²) in [7, 11) is 0. The predicted octanol–water partition coefficient (Wildman–Crippen LogP) is 2.89. The molecule has 0 amide bonds. The molecule has 0 atom stereocenters. The number of fused-ring (bicyclic) bond motifs is 1. The normalized spacial score (nSPS) is 37.1.